The fraction of sp³-hybridized carbons (Fsp3) is 0.500. The Hall–Kier alpha value is -2.77. The third-order valence-corrected chi connectivity index (χ3v) is 4.66. The lowest BCUT2D eigenvalue weighted by atomic mass is 10.2. The molecule has 1 saturated heterocycles. The van der Waals surface area contributed by atoms with Gasteiger partial charge in [0.05, 0.1) is 5.69 Å². The Kier molecular flexibility index (Phi) is 5.93. The number of nitrogens with one attached hydrogen (secondary N) is 1. The van der Waals surface area contributed by atoms with Crippen LogP contribution >= 0.6 is 0 Å². The maximum absolute atomic E-state index is 10.0. The van der Waals surface area contributed by atoms with Crippen molar-refractivity contribution in [2.75, 3.05) is 44.7 Å². The van der Waals surface area contributed by atoms with Crippen molar-refractivity contribution < 1.29 is 5.11 Å². The Morgan fingerprint density at radius 1 is 1.23 bits per heavy atom. The third-order valence-electron chi connectivity index (χ3n) is 4.66. The molecule has 0 saturated carbocycles. The predicted octanol–water partition coefficient (Wildman–Crippen LogP) is 0.944. The number of anilines is 1. The van der Waals surface area contributed by atoms with Gasteiger partial charge >= 0.3 is 0 Å². The van der Waals surface area contributed by atoms with Crippen molar-refractivity contribution in [1.29, 1.82) is 0 Å². The average Bonchev–Trinajstić information content (AvgIpc) is 3.13. The van der Waals surface area contributed by atoms with Crippen LogP contribution in [-0.4, -0.2) is 70.5 Å². The van der Waals surface area contributed by atoms with Crippen molar-refractivity contribution in [2.45, 2.75) is 19.9 Å². The van der Waals surface area contributed by atoms with Crippen LogP contribution in [0.3, 0.4) is 0 Å². The second-order valence-electron chi connectivity index (χ2n) is 6.23. The van der Waals surface area contributed by atoms with Crippen molar-refractivity contribution >= 4 is 11.6 Å². The molecule has 1 fully saturated rings. The monoisotopic (exact) mass is 357 g/mol. The number of hydrogen-bond acceptors (Lipinski definition) is 5. The van der Waals surface area contributed by atoms with Gasteiger partial charge in [0.15, 0.2) is 5.96 Å². The molecule has 0 radical (unpaired) electrons. The maximum Gasteiger partial charge on any atom is 0.193 e. The molecule has 8 heteroatoms. The highest BCUT2D eigenvalue weighted by atomic mass is 16.3. The first-order chi connectivity index (χ1) is 12.7. The lowest BCUT2D eigenvalue weighted by Crippen LogP contribution is -2.53. The van der Waals surface area contributed by atoms with E-state index in [2.05, 4.69) is 41.8 Å². The Labute approximate surface area is 154 Å². The number of para-hydroxylation sites is 2. The smallest absolute Gasteiger partial charge is 0.193 e. The minimum Gasteiger partial charge on any atom is -0.506 e. The fourth-order valence-corrected chi connectivity index (χ4v) is 3.25. The summed E-state index contributed by atoms with van der Waals surface area (Å²) < 4.78 is 2.07. The molecule has 1 aromatic heterocycles. The molecule has 26 heavy (non-hydrogen) atoms. The largest absolute Gasteiger partial charge is 0.506 e. The van der Waals surface area contributed by atoms with E-state index in [1.807, 2.05) is 25.2 Å². The number of phenols is 1. The van der Waals surface area contributed by atoms with E-state index in [9.17, 15) is 5.11 Å². The lowest BCUT2D eigenvalue weighted by molar-refractivity contribution is 0.369. The molecule has 3 rings (SSSR count). The zero-order valence-corrected chi connectivity index (χ0v) is 15.5. The highest BCUT2D eigenvalue weighted by Crippen LogP contribution is 2.27. The second kappa shape index (κ2) is 8.55. The number of aromatic hydroxyl groups is 1. The van der Waals surface area contributed by atoms with Crippen molar-refractivity contribution in [2.24, 2.45) is 4.99 Å². The molecule has 2 aromatic rings. The number of benzene rings is 1. The van der Waals surface area contributed by atoms with E-state index in [0.717, 1.165) is 63.2 Å². The number of aryl methyl sites for hydroxylation is 1. The number of piperazine rings is 1. The highest BCUT2D eigenvalue weighted by Gasteiger charge is 2.21. The van der Waals surface area contributed by atoms with Gasteiger partial charge in [-0.15, -0.1) is 10.2 Å². The van der Waals surface area contributed by atoms with Gasteiger partial charge < -0.3 is 24.8 Å². The molecular weight excluding hydrogens is 330 g/mol. The molecule has 0 amide bonds. The molecule has 2 heterocycles. The Bertz CT molecular complexity index is 735. The molecule has 0 spiro atoms. The molecule has 0 aliphatic carbocycles. The van der Waals surface area contributed by atoms with E-state index in [-0.39, 0.29) is 0 Å². The molecule has 0 atom stereocenters. The molecule has 1 aromatic carbocycles. The Balaban J connectivity index is 1.50. The first-order valence-electron chi connectivity index (χ1n) is 9.08. The first-order valence-corrected chi connectivity index (χ1v) is 9.08. The zero-order valence-electron chi connectivity index (χ0n) is 15.5. The second-order valence-corrected chi connectivity index (χ2v) is 6.23. The normalized spacial score (nSPS) is 15.4. The van der Waals surface area contributed by atoms with E-state index < -0.39 is 0 Å². The Morgan fingerprint density at radius 3 is 2.69 bits per heavy atom. The van der Waals surface area contributed by atoms with Crippen LogP contribution in [-0.2, 0) is 13.0 Å². The van der Waals surface area contributed by atoms with E-state index in [1.54, 1.807) is 12.4 Å². The molecule has 0 unspecified atom stereocenters. The van der Waals surface area contributed by atoms with Crippen molar-refractivity contribution in [3.63, 3.8) is 0 Å². The Morgan fingerprint density at radius 2 is 2.00 bits per heavy atom. The van der Waals surface area contributed by atoms with Crippen LogP contribution in [0.2, 0.25) is 0 Å². The number of aliphatic imine (C=N–C) groups is 1. The lowest BCUT2D eigenvalue weighted by Gasteiger charge is -2.37. The number of nitrogens with zero attached hydrogens (tertiary/aromatic N) is 6. The van der Waals surface area contributed by atoms with Gasteiger partial charge in [0.1, 0.15) is 17.9 Å². The van der Waals surface area contributed by atoms with Crippen LogP contribution in [0.4, 0.5) is 5.69 Å². The summed E-state index contributed by atoms with van der Waals surface area (Å²) in [5.74, 6) is 2.25. The molecule has 2 N–H and O–H groups in total. The van der Waals surface area contributed by atoms with Gasteiger partial charge in [0.2, 0.25) is 0 Å². The summed E-state index contributed by atoms with van der Waals surface area (Å²) in [6.07, 6.45) is 2.65. The predicted molar refractivity (Wildman–Crippen MR) is 103 cm³/mol. The number of guanidine groups is 1. The average molecular weight is 357 g/mol. The van der Waals surface area contributed by atoms with Crippen LogP contribution in [0, 0.1) is 0 Å². The highest BCUT2D eigenvalue weighted by molar-refractivity contribution is 5.80. The van der Waals surface area contributed by atoms with E-state index in [0.29, 0.717) is 5.75 Å². The van der Waals surface area contributed by atoms with Crippen LogP contribution in [0.1, 0.15) is 12.7 Å². The van der Waals surface area contributed by atoms with Crippen LogP contribution in [0.5, 0.6) is 5.75 Å². The summed E-state index contributed by atoms with van der Waals surface area (Å²) in [4.78, 5) is 8.88. The topological polar surface area (TPSA) is 81.8 Å². The minimum atomic E-state index is 0.337. The fourth-order valence-electron chi connectivity index (χ4n) is 3.25. The van der Waals surface area contributed by atoms with Crippen molar-refractivity contribution in [1.82, 2.24) is 25.0 Å². The molecule has 1 aliphatic heterocycles. The van der Waals surface area contributed by atoms with Gasteiger partial charge in [0.25, 0.3) is 0 Å². The third kappa shape index (κ3) is 4.07. The maximum atomic E-state index is 10.0. The van der Waals surface area contributed by atoms with Gasteiger partial charge in [-0.25, -0.2) is 0 Å². The van der Waals surface area contributed by atoms with Gasteiger partial charge in [0, 0.05) is 52.7 Å². The summed E-state index contributed by atoms with van der Waals surface area (Å²) in [5.41, 5.74) is 0.898. The summed E-state index contributed by atoms with van der Waals surface area (Å²) in [7, 11) is 1.81. The van der Waals surface area contributed by atoms with E-state index in [1.165, 1.54) is 0 Å². The van der Waals surface area contributed by atoms with Crippen LogP contribution < -0.4 is 10.2 Å². The van der Waals surface area contributed by atoms with Gasteiger partial charge in [-0.2, -0.15) is 0 Å². The first kappa shape index (κ1) is 18.0. The molecule has 0 bridgehead atoms. The standard InChI is InChI=1S/C18H27N7O/c1-3-17-22-21-14-25(17)9-8-20-18(19-2)24-12-10-23(11-13-24)15-6-4-5-7-16(15)26/h4-7,14,26H,3,8-13H2,1-2H3,(H,19,20). The van der Waals surface area contributed by atoms with Crippen LogP contribution in [0.25, 0.3) is 0 Å². The summed E-state index contributed by atoms with van der Waals surface area (Å²) in [6.45, 7) is 7.09. The molecular formula is C18H27N7O. The van der Waals surface area contributed by atoms with Crippen molar-refractivity contribution in [3.8, 4) is 5.75 Å². The summed E-state index contributed by atoms with van der Waals surface area (Å²) >= 11 is 0. The summed E-state index contributed by atoms with van der Waals surface area (Å²) in [5, 5.41) is 21.5. The number of rotatable bonds is 5. The zero-order chi connectivity index (χ0) is 18.4. The number of phenolic OH excluding ortho intramolecular Hbond substituents is 1. The van der Waals surface area contributed by atoms with Crippen LogP contribution in [0.15, 0.2) is 35.6 Å². The van der Waals surface area contributed by atoms with Crippen molar-refractivity contribution in [3.05, 3.63) is 36.4 Å². The minimum absolute atomic E-state index is 0.337. The SMILES string of the molecule is CCc1nncn1CCNC(=NC)N1CCN(c2ccccc2O)CC1. The van der Waals surface area contributed by atoms with Gasteiger partial charge in [-0.05, 0) is 12.1 Å². The molecule has 8 nitrogen and oxygen atoms in total. The van der Waals surface area contributed by atoms with E-state index >= 15 is 0 Å². The number of hydrogen-bond donors (Lipinski definition) is 2. The van der Waals surface area contributed by atoms with Gasteiger partial charge in [-0.1, -0.05) is 19.1 Å². The van der Waals surface area contributed by atoms with E-state index in [4.69, 9.17) is 0 Å². The van der Waals surface area contributed by atoms with Gasteiger partial charge in [-0.3, -0.25) is 4.99 Å². The quantitative estimate of drug-likeness (QED) is 0.612. The number of aromatic nitrogens is 3. The molecule has 140 valence electrons. The summed E-state index contributed by atoms with van der Waals surface area (Å²) in [6, 6.07) is 7.50. The molecule has 1 aliphatic rings.